The smallest absolute Gasteiger partial charge is 0.319 e. The van der Waals surface area contributed by atoms with Crippen molar-refractivity contribution in [2.75, 3.05) is 18.4 Å². The number of hydrogen-bond donors (Lipinski definition) is 3. The third kappa shape index (κ3) is 6.10. The molecular formula is C12H16ClN3O2. The van der Waals surface area contributed by atoms with E-state index >= 15 is 0 Å². The van der Waals surface area contributed by atoms with Crippen LogP contribution in [0.3, 0.4) is 0 Å². The summed E-state index contributed by atoms with van der Waals surface area (Å²) in [5.41, 5.74) is 0.641. The Morgan fingerprint density at radius 1 is 1.22 bits per heavy atom. The highest BCUT2D eigenvalue weighted by atomic mass is 35.5. The maximum absolute atomic E-state index is 11.5. The average molecular weight is 270 g/mol. The number of benzene rings is 1. The Morgan fingerprint density at radius 3 is 2.61 bits per heavy atom. The molecule has 0 radical (unpaired) electrons. The largest absolute Gasteiger partial charge is 0.356 e. The number of halogens is 1. The zero-order valence-corrected chi connectivity index (χ0v) is 10.9. The van der Waals surface area contributed by atoms with Crippen LogP contribution in [-0.4, -0.2) is 25.0 Å². The maximum atomic E-state index is 11.5. The molecule has 0 fully saturated rings. The molecule has 18 heavy (non-hydrogen) atoms. The highest BCUT2D eigenvalue weighted by Gasteiger charge is 2.01. The third-order valence-electron chi connectivity index (χ3n) is 2.10. The van der Waals surface area contributed by atoms with Crippen LogP contribution < -0.4 is 16.0 Å². The van der Waals surface area contributed by atoms with Gasteiger partial charge in [0, 0.05) is 30.7 Å². The quantitative estimate of drug-likeness (QED) is 0.716. The van der Waals surface area contributed by atoms with Crippen molar-refractivity contribution in [2.24, 2.45) is 0 Å². The number of rotatable bonds is 5. The first-order valence-corrected chi connectivity index (χ1v) is 6.00. The second kappa shape index (κ2) is 7.55. The summed E-state index contributed by atoms with van der Waals surface area (Å²) in [4.78, 5) is 22.1. The van der Waals surface area contributed by atoms with Crippen LogP contribution in [0.2, 0.25) is 5.02 Å². The Hall–Kier alpha value is -1.75. The van der Waals surface area contributed by atoms with E-state index in [1.165, 1.54) is 6.92 Å². The summed E-state index contributed by atoms with van der Waals surface area (Å²) in [6.07, 6.45) is 0.683. The number of urea groups is 1. The van der Waals surface area contributed by atoms with E-state index in [2.05, 4.69) is 16.0 Å². The van der Waals surface area contributed by atoms with Gasteiger partial charge in [-0.25, -0.2) is 4.79 Å². The Morgan fingerprint density at radius 2 is 1.94 bits per heavy atom. The molecule has 0 bridgehead atoms. The zero-order valence-electron chi connectivity index (χ0n) is 10.1. The van der Waals surface area contributed by atoms with Gasteiger partial charge in [-0.2, -0.15) is 0 Å². The molecule has 3 amide bonds. The van der Waals surface area contributed by atoms with Crippen LogP contribution >= 0.6 is 11.6 Å². The van der Waals surface area contributed by atoms with E-state index in [1.54, 1.807) is 24.3 Å². The summed E-state index contributed by atoms with van der Waals surface area (Å²) in [6.45, 7) is 2.50. The summed E-state index contributed by atoms with van der Waals surface area (Å²) in [6, 6.07) is 6.62. The summed E-state index contributed by atoms with van der Waals surface area (Å²) in [5.74, 6) is -0.0709. The molecule has 6 heteroatoms. The van der Waals surface area contributed by atoms with Crippen molar-refractivity contribution in [2.45, 2.75) is 13.3 Å². The zero-order chi connectivity index (χ0) is 13.4. The average Bonchev–Trinajstić information content (AvgIpc) is 2.28. The van der Waals surface area contributed by atoms with Gasteiger partial charge in [-0.3, -0.25) is 4.79 Å². The van der Waals surface area contributed by atoms with Crippen molar-refractivity contribution >= 4 is 29.2 Å². The van der Waals surface area contributed by atoms with Crippen LogP contribution in [-0.2, 0) is 4.79 Å². The van der Waals surface area contributed by atoms with Gasteiger partial charge >= 0.3 is 6.03 Å². The fourth-order valence-electron chi connectivity index (χ4n) is 1.30. The molecule has 3 N–H and O–H groups in total. The standard InChI is InChI=1S/C12H16ClN3O2/c1-9(17)14-6-3-7-15-12(18)16-11-5-2-4-10(13)8-11/h2,4-5,8H,3,6-7H2,1H3,(H,14,17)(H2,15,16,18). The topological polar surface area (TPSA) is 70.2 Å². The molecule has 98 valence electrons. The van der Waals surface area contributed by atoms with Gasteiger partial charge in [-0.1, -0.05) is 17.7 Å². The number of hydrogen-bond acceptors (Lipinski definition) is 2. The lowest BCUT2D eigenvalue weighted by Gasteiger charge is -2.07. The lowest BCUT2D eigenvalue weighted by molar-refractivity contribution is -0.118. The van der Waals surface area contributed by atoms with Gasteiger partial charge in [0.05, 0.1) is 0 Å². The van der Waals surface area contributed by atoms with Gasteiger partial charge in [0.2, 0.25) is 5.91 Å². The molecule has 0 unspecified atom stereocenters. The maximum Gasteiger partial charge on any atom is 0.319 e. The van der Waals surface area contributed by atoms with E-state index in [9.17, 15) is 9.59 Å². The molecule has 5 nitrogen and oxygen atoms in total. The normalized spacial score (nSPS) is 9.67. The molecule has 1 rings (SSSR count). The van der Waals surface area contributed by atoms with E-state index < -0.39 is 0 Å². The number of nitrogens with one attached hydrogen (secondary N) is 3. The van der Waals surface area contributed by atoms with Crippen LogP contribution in [0.5, 0.6) is 0 Å². The van der Waals surface area contributed by atoms with E-state index in [-0.39, 0.29) is 11.9 Å². The van der Waals surface area contributed by atoms with E-state index in [0.717, 1.165) is 0 Å². The van der Waals surface area contributed by atoms with Crippen molar-refractivity contribution in [1.29, 1.82) is 0 Å². The van der Waals surface area contributed by atoms with Gasteiger partial charge in [0.1, 0.15) is 0 Å². The predicted molar refractivity (Wildman–Crippen MR) is 71.8 cm³/mol. The fraction of sp³-hybridized carbons (Fsp3) is 0.333. The molecule has 0 saturated carbocycles. The lowest BCUT2D eigenvalue weighted by atomic mass is 10.3. The van der Waals surface area contributed by atoms with Crippen LogP contribution in [0, 0.1) is 0 Å². The second-order valence-corrected chi connectivity index (χ2v) is 4.16. The van der Waals surface area contributed by atoms with E-state index in [4.69, 9.17) is 11.6 Å². The number of anilines is 1. The number of carbonyl (C=O) groups excluding carboxylic acids is 2. The van der Waals surface area contributed by atoms with Crippen LogP contribution in [0.25, 0.3) is 0 Å². The highest BCUT2D eigenvalue weighted by Crippen LogP contribution is 2.14. The molecule has 1 aromatic rings. The first kappa shape index (κ1) is 14.3. The summed E-state index contributed by atoms with van der Waals surface area (Å²) >= 11 is 5.79. The first-order chi connectivity index (χ1) is 8.58. The Labute approximate surface area is 111 Å². The van der Waals surface area contributed by atoms with Crippen LogP contribution in [0.15, 0.2) is 24.3 Å². The molecule has 0 aliphatic heterocycles. The summed E-state index contributed by atoms with van der Waals surface area (Å²) < 4.78 is 0. The van der Waals surface area contributed by atoms with Gasteiger partial charge in [-0.05, 0) is 24.6 Å². The molecule has 1 aromatic carbocycles. The molecule has 0 aromatic heterocycles. The summed E-state index contributed by atoms with van der Waals surface area (Å²) in [5, 5.41) is 8.56. The highest BCUT2D eigenvalue weighted by molar-refractivity contribution is 6.30. The van der Waals surface area contributed by atoms with E-state index in [0.29, 0.717) is 30.2 Å². The minimum atomic E-state index is -0.292. The minimum absolute atomic E-state index is 0.0709. The molecule has 0 atom stereocenters. The Balaban J connectivity index is 2.20. The Bertz CT molecular complexity index is 424. The monoisotopic (exact) mass is 269 g/mol. The minimum Gasteiger partial charge on any atom is -0.356 e. The molecular weight excluding hydrogens is 254 g/mol. The van der Waals surface area contributed by atoms with Crippen molar-refractivity contribution in [3.8, 4) is 0 Å². The lowest BCUT2D eigenvalue weighted by Crippen LogP contribution is -2.31. The molecule has 0 aliphatic carbocycles. The molecule has 0 spiro atoms. The van der Waals surface area contributed by atoms with Crippen molar-refractivity contribution in [1.82, 2.24) is 10.6 Å². The molecule has 0 saturated heterocycles. The van der Waals surface area contributed by atoms with Gasteiger partial charge in [0.15, 0.2) is 0 Å². The van der Waals surface area contributed by atoms with Crippen molar-refractivity contribution in [3.05, 3.63) is 29.3 Å². The molecule has 0 heterocycles. The number of carbonyl (C=O) groups is 2. The fourth-order valence-corrected chi connectivity index (χ4v) is 1.49. The second-order valence-electron chi connectivity index (χ2n) is 3.73. The van der Waals surface area contributed by atoms with E-state index in [1.807, 2.05) is 0 Å². The van der Waals surface area contributed by atoms with Crippen LogP contribution in [0.4, 0.5) is 10.5 Å². The predicted octanol–water partition coefficient (Wildman–Crippen LogP) is 1.99. The number of amides is 3. The van der Waals surface area contributed by atoms with Gasteiger partial charge < -0.3 is 16.0 Å². The van der Waals surface area contributed by atoms with Gasteiger partial charge in [0.25, 0.3) is 0 Å². The van der Waals surface area contributed by atoms with Gasteiger partial charge in [-0.15, -0.1) is 0 Å². The first-order valence-electron chi connectivity index (χ1n) is 5.63. The van der Waals surface area contributed by atoms with Crippen LogP contribution in [0.1, 0.15) is 13.3 Å². The SMILES string of the molecule is CC(=O)NCCCNC(=O)Nc1cccc(Cl)c1. The molecule has 0 aliphatic rings. The van der Waals surface area contributed by atoms with Crippen molar-refractivity contribution < 1.29 is 9.59 Å². The summed E-state index contributed by atoms with van der Waals surface area (Å²) in [7, 11) is 0. The third-order valence-corrected chi connectivity index (χ3v) is 2.33. The Kier molecular flexibility index (Phi) is 6.00. The van der Waals surface area contributed by atoms with Crippen molar-refractivity contribution in [3.63, 3.8) is 0 Å².